The molecule has 2 N–H and O–H groups in total. The lowest BCUT2D eigenvalue weighted by atomic mass is 10.0. The van der Waals surface area contributed by atoms with Crippen molar-refractivity contribution in [2.45, 2.75) is 38.0 Å². The molecule has 2 heterocycles. The molecule has 36 heavy (non-hydrogen) atoms. The Labute approximate surface area is 210 Å². The van der Waals surface area contributed by atoms with E-state index in [0.717, 1.165) is 11.1 Å². The van der Waals surface area contributed by atoms with Crippen molar-refractivity contribution in [2.24, 2.45) is 5.73 Å². The number of rotatable bonds is 9. The summed E-state index contributed by atoms with van der Waals surface area (Å²) >= 11 is 0. The number of primary amides is 1. The summed E-state index contributed by atoms with van der Waals surface area (Å²) in [5.74, 6) is -1.53. The van der Waals surface area contributed by atoms with Crippen molar-refractivity contribution in [1.82, 2.24) is 19.8 Å². The molecule has 0 radical (unpaired) electrons. The smallest absolute Gasteiger partial charge is 0.246 e. The molecule has 9 nitrogen and oxygen atoms in total. The highest BCUT2D eigenvalue weighted by molar-refractivity contribution is 5.94. The van der Waals surface area contributed by atoms with Gasteiger partial charge in [-0.15, -0.1) is 6.58 Å². The molecule has 0 aliphatic carbocycles. The molecule has 0 aromatic heterocycles. The summed E-state index contributed by atoms with van der Waals surface area (Å²) in [5.41, 5.74) is 7.42. The van der Waals surface area contributed by atoms with E-state index >= 15 is 0 Å². The molecule has 4 rings (SSSR count). The molecule has 2 aromatic carbocycles. The normalized spacial score (nSPS) is 20.3. The molecule has 2 saturated heterocycles. The number of piperazine rings is 1. The molecule has 0 bridgehead atoms. The molecule has 0 saturated carbocycles. The summed E-state index contributed by atoms with van der Waals surface area (Å²) in [5, 5.41) is 3.24. The van der Waals surface area contributed by atoms with Crippen LogP contribution in [-0.2, 0) is 32.1 Å². The van der Waals surface area contributed by atoms with Gasteiger partial charge in [-0.3, -0.25) is 19.2 Å². The van der Waals surface area contributed by atoms with Crippen molar-refractivity contribution in [3.05, 3.63) is 84.4 Å². The molecule has 0 spiro atoms. The summed E-state index contributed by atoms with van der Waals surface area (Å²) in [6.07, 6.45) is 1.34. The Hall–Kier alpha value is -3.98. The van der Waals surface area contributed by atoms with Crippen LogP contribution in [0.2, 0.25) is 0 Å². The van der Waals surface area contributed by atoms with Crippen LogP contribution in [-0.4, -0.2) is 75.3 Å². The third-order valence-corrected chi connectivity index (χ3v) is 6.51. The molecular formula is C27H31N5O4. The van der Waals surface area contributed by atoms with Crippen LogP contribution in [0.25, 0.3) is 0 Å². The monoisotopic (exact) mass is 489 g/mol. The van der Waals surface area contributed by atoms with E-state index in [-0.39, 0.29) is 43.7 Å². The van der Waals surface area contributed by atoms with Gasteiger partial charge < -0.3 is 15.5 Å². The zero-order chi connectivity index (χ0) is 25.7. The summed E-state index contributed by atoms with van der Waals surface area (Å²) in [6, 6.07) is 18.1. The third kappa shape index (κ3) is 5.46. The van der Waals surface area contributed by atoms with Crippen LogP contribution in [0.5, 0.6) is 0 Å². The van der Waals surface area contributed by atoms with E-state index in [2.05, 4.69) is 6.58 Å². The van der Waals surface area contributed by atoms with Gasteiger partial charge >= 0.3 is 0 Å². The fraction of sp³-hybridized carbons (Fsp3) is 0.333. The van der Waals surface area contributed by atoms with Gasteiger partial charge in [0.1, 0.15) is 12.2 Å². The van der Waals surface area contributed by atoms with Crippen LogP contribution in [0.1, 0.15) is 24.0 Å². The number of hydrogen-bond donors (Lipinski definition) is 1. The number of fused-ring (bicyclic) bond motifs is 1. The van der Waals surface area contributed by atoms with Gasteiger partial charge in [0.15, 0.2) is 0 Å². The first-order valence-electron chi connectivity index (χ1n) is 12.0. The Kier molecular flexibility index (Phi) is 7.80. The molecular weight excluding hydrogens is 458 g/mol. The zero-order valence-corrected chi connectivity index (χ0v) is 20.2. The van der Waals surface area contributed by atoms with Crippen LogP contribution < -0.4 is 5.73 Å². The number of nitrogens with zero attached hydrogens (tertiary/aromatic N) is 4. The van der Waals surface area contributed by atoms with E-state index in [1.807, 2.05) is 60.7 Å². The van der Waals surface area contributed by atoms with Gasteiger partial charge in [0.25, 0.3) is 0 Å². The predicted octanol–water partition coefficient (Wildman–Crippen LogP) is 1.31. The summed E-state index contributed by atoms with van der Waals surface area (Å²) in [7, 11) is 0. The number of aryl methyl sites for hydroxylation is 1. The minimum Gasteiger partial charge on any atom is -0.370 e. The highest BCUT2D eigenvalue weighted by Crippen LogP contribution is 2.29. The molecule has 2 fully saturated rings. The third-order valence-electron chi connectivity index (χ3n) is 6.51. The molecule has 188 valence electrons. The fourth-order valence-electron chi connectivity index (χ4n) is 4.91. The SMILES string of the molecule is C=CCN1CC(=O)N2[C@@H](CC(N)=O)C(=O)N(Cc3ccccc3)C[C@@H]2N1C(=O)CCc1ccccc1. The van der Waals surface area contributed by atoms with Crippen LogP contribution in [0.4, 0.5) is 0 Å². The second-order valence-electron chi connectivity index (χ2n) is 9.03. The lowest BCUT2D eigenvalue weighted by Gasteiger charge is -2.55. The highest BCUT2D eigenvalue weighted by Gasteiger charge is 2.51. The van der Waals surface area contributed by atoms with Gasteiger partial charge in [-0.2, -0.15) is 0 Å². The predicted molar refractivity (Wildman–Crippen MR) is 133 cm³/mol. The minimum absolute atomic E-state index is 0.0964. The highest BCUT2D eigenvalue weighted by atomic mass is 16.2. The number of hydrogen-bond acceptors (Lipinski definition) is 5. The fourth-order valence-corrected chi connectivity index (χ4v) is 4.91. The first kappa shape index (κ1) is 25.1. The van der Waals surface area contributed by atoms with Crippen molar-refractivity contribution < 1.29 is 19.2 Å². The molecule has 9 heteroatoms. The number of carbonyl (C=O) groups excluding carboxylic acids is 4. The van der Waals surface area contributed by atoms with Crippen molar-refractivity contribution >= 4 is 23.6 Å². The molecule has 2 atom stereocenters. The number of hydrazine groups is 1. The maximum Gasteiger partial charge on any atom is 0.246 e. The maximum absolute atomic E-state index is 13.6. The number of carbonyl (C=O) groups is 4. The number of nitrogens with two attached hydrogens (primary N) is 1. The summed E-state index contributed by atoms with van der Waals surface area (Å²) in [6.45, 7) is 4.39. The van der Waals surface area contributed by atoms with E-state index in [0.29, 0.717) is 19.5 Å². The molecule has 2 aliphatic rings. The van der Waals surface area contributed by atoms with E-state index in [1.54, 1.807) is 21.0 Å². The molecule has 0 unspecified atom stereocenters. The van der Waals surface area contributed by atoms with E-state index in [4.69, 9.17) is 5.73 Å². The molecule has 4 amide bonds. The van der Waals surface area contributed by atoms with Gasteiger partial charge in [0, 0.05) is 19.5 Å². The first-order valence-corrected chi connectivity index (χ1v) is 12.0. The second kappa shape index (κ2) is 11.2. The number of benzene rings is 2. The Bertz CT molecular complexity index is 1120. The van der Waals surface area contributed by atoms with Gasteiger partial charge in [-0.1, -0.05) is 66.7 Å². The largest absolute Gasteiger partial charge is 0.370 e. The Balaban J connectivity index is 1.66. The van der Waals surface area contributed by atoms with E-state index in [9.17, 15) is 19.2 Å². The number of amides is 4. The summed E-state index contributed by atoms with van der Waals surface area (Å²) in [4.78, 5) is 55.2. The molecule has 2 aromatic rings. The van der Waals surface area contributed by atoms with E-state index < -0.39 is 18.1 Å². The van der Waals surface area contributed by atoms with Crippen LogP contribution in [0.15, 0.2) is 73.3 Å². The van der Waals surface area contributed by atoms with Crippen LogP contribution in [0, 0.1) is 0 Å². The average molecular weight is 490 g/mol. The topological polar surface area (TPSA) is 107 Å². The molecule has 2 aliphatic heterocycles. The Morgan fingerprint density at radius 1 is 1.00 bits per heavy atom. The standard InChI is InChI=1S/C27H31N5O4/c1-2-15-30-19-26(35)31-22(16-23(28)33)27(36)29(17-21-11-7-4-8-12-21)18-24(31)32(30)25(34)14-13-20-9-5-3-6-10-20/h2-12,22,24H,1,13-19H2,(H2,28,33)/t22-,24-/m0/s1. The van der Waals surface area contributed by atoms with Crippen LogP contribution in [0.3, 0.4) is 0 Å². The van der Waals surface area contributed by atoms with Gasteiger partial charge in [0.2, 0.25) is 23.6 Å². The van der Waals surface area contributed by atoms with Crippen molar-refractivity contribution in [2.75, 3.05) is 19.6 Å². The van der Waals surface area contributed by atoms with Crippen LogP contribution >= 0.6 is 0 Å². The summed E-state index contributed by atoms with van der Waals surface area (Å²) < 4.78 is 0. The second-order valence-corrected chi connectivity index (χ2v) is 9.03. The maximum atomic E-state index is 13.6. The van der Waals surface area contributed by atoms with Crippen molar-refractivity contribution in [1.29, 1.82) is 0 Å². The zero-order valence-electron chi connectivity index (χ0n) is 20.2. The van der Waals surface area contributed by atoms with Crippen molar-refractivity contribution in [3.8, 4) is 0 Å². The van der Waals surface area contributed by atoms with Gasteiger partial charge in [0.05, 0.1) is 19.5 Å². The van der Waals surface area contributed by atoms with Crippen molar-refractivity contribution in [3.63, 3.8) is 0 Å². The van der Waals surface area contributed by atoms with Gasteiger partial charge in [-0.25, -0.2) is 10.0 Å². The quantitative estimate of drug-likeness (QED) is 0.535. The first-order chi connectivity index (χ1) is 17.4. The minimum atomic E-state index is -1.06. The lowest BCUT2D eigenvalue weighted by molar-refractivity contribution is -0.205. The Morgan fingerprint density at radius 3 is 2.25 bits per heavy atom. The average Bonchev–Trinajstić information content (AvgIpc) is 2.86. The van der Waals surface area contributed by atoms with Gasteiger partial charge in [-0.05, 0) is 17.5 Å². The van der Waals surface area contributed by atoms with E-state index in [1.165, 1.54) is 4.90 Å². The Morgan fingerprint density at radius 2 is 1.64 bits per heavy atom. The lowest BCUT2D eigenvalue weighted by Crippen LogP contribution is -2.75.